The number of amides is 1. The molecule has 0 bridgehead atoms. The van der Waals surface area contributed by atoms with E-state index in [1.54, 1.807) is 26.2 Å². The van der Waals surface area contributed by atoms with Crippen LogP contribution < -0.4 is 5.32 Å². The van der Waals surface area contributed by atoms with Crippen molar-refractivity contribution in [3.8, 4) is 0 Å². The molecule has 0 radical (unpaired) electrons. The van der Waals surface area contributed by atoms with E-state index in [0.717, 1.165) is 0 Å². The molecule has 1 heterocycles. The molecule has 1 aromatic heterocycles. The highest BCUT2D eigenvalue weighted by Crippen LogP contribution is 2.15. The number of rotatable bonds is 5. The van der Waals surface area contributed by atoms with E-state index in [1.807, 2.05) is 0 Å². The van der Waals surface area contributed by atoms with Crippen molar-refractivity contribution in [2.45, 2.75) is 19.8 Å². The number of hydrogen-bond donors (Lipinski definition) is 1. The monoisotopic (exact) mass is 242 g/mol. The molecule has 16 heavy (non-hydrogen) atoms. The third kappa shape index (κ3) is 4.16. The normalized spacial score (nSPS) is 10.2. The van der Waals surface area contributed by atoms with Gasteiger partial charge in [-0.2, -0.15) is 0 Å². The predicted octanol–water partition coefficient (Wildman–Crippen LogP) is 2.41. The molecular weight excluding hydrogens is 228 g/mol. The maximum atomic E-state index is 11.5. The van der Waals surface area contributed by atoms with Crippen molar-refractivity contribution >= 4 is 23.2 Å². The van der Waals surface area contributed by atoms with Crippen molar-refractivity contribution in [3.05, 3.63) is 23.0 Å². The number of ether oxygens (including phenoxy) is 1. The van der Waals surface area contributed by atoms with Gasteiger partial charge >= 0.3 is 0 Å². The number of methoxy groups -OCH3 is 1. The smallest absolute Gasteiger partial charge is 0.224 e. The zero-order valence-corrected chi connectivity index (χ0v) is 10.2. The van der Waals surface area contributed by atoms with Crippen LogP contribution in [0.2, 0.25) is 5.15 Å². The van der Waals surface area contributed by atoms with Gasteiger partial charge in [0.15, 0.2) is 0 Å². The highest BCUT2D eigenvalue weighted by atomic mass is 35.5. The Morgan fingerprint density at radius 2 is 2.31 bits per heavy atom. The highest BCUT2D eigenvalue weighted by Gasteiger charge is 2.05. The average molecular weight is 243 g/mol. The summed E-state index contributed by atoms with van der Waals surface area (Å²) in [6, 6.07) is 3.40. The molecule has 0 spiro atoms. The molecule has 0 aromatic carbocycles. The van der Waals surface area contributed by atoms with Gasteiger partial charge in [-0.05, 0) is 25.5 Å². The van der Waals surface area contributed by atoms with Crippen molar-refractivity contribution < 1.29 is 9.53 Å². The zero-order valence-electron chi connectivity index (χ0n) is 9.42. The fourth-order valence-electron chi connectivity index (χ4n) is 1.25. The fourth-order valence-corrected chi connectivity index (χ4v) is 1.44. The lowest BCUT2D eigenvalue weighted by molar-refractivity contribution is -0.116. The Hall–Kier alpha value is -1.13. The molecular formula is C11H15ClN2O2. The summed E-state index contributed by atoms with van der Waals surface area (Å²) in [6.07, 6.45) is 1.15. The highest BCUT2D eigenvalue weighted by molar-refractivity contribution is 6.29. The van der Waals surface area contributed by atoms with Crippen molar-refractivity contribution in [3.63, 3.8) is 0 Å². The number of hydrogen-bond acceptors (Lipinski definition) is 3. The lowest BCUT2D eigenvalue weighted by Crippen LogP contribution is -2.13. The number of carbonyl (C=O) groups is 1. The summed E-state index contributed by atoms with van der Waals surface area (Å²) in [6.45, 7) is 2.39. The minimum atomic E-state index is -0.0377. The minimum absolute atomic E-state index is 0.0377. The Balaban J connectivity index is 2.49. The average Bonchev–Trinajstić information content (AvgIpc) is 2.23. The molecule has 0 unspecified atom stereocenters. The Kier molecular flexibility index (Phi) is 5.22. The molecule has 0 fully saturated rings. The van der Waals surface area contributed by atoms with Gasteiger partial charge in [0.25, 0.3) is 0 Å². The molecule has 1 N–H and O–H groups in total. The molecule has 0 saturated heterocycles. The third-order valence-electron chi connectivity index (χ3n) is 2.08. The van der Waals surface area contributed by atoms with Crippen LogP contribution >= 0.6 is 11.6 Å². The Morgan fingerprint density at radius 1 is 1.56 bits per heavy atom. The Labute approximate surface area is 100.0 Å². The molecule has 5 heteroatoms. The lowest BCUT2D eigenvalue weighted by atomic mass is 10.2. The maximum Gasteiger partial charge on any atom is 0.224 e. The van der Waals surface area contributed by atoms with Crippen LogP contribution in [0.5, 0.6) is 0 Å². The van der Waals surface area contributed by atoms with E-state index in [2.05, 4.69) is 10.3 Å². The molecule has 1 rings (SSSR count). The standard InChI is InChI=1S/C11H15ClN2O2/c1-8-9(5-6-10(12)13-8)14-11(15)4-3-7-16-2/h5-6H,3-4,7H2,1-2H3,(H,14,15). The first-order valence-electron chi connectivity index (χ1n) is 5.05. The van der Waals surface area contributed by atoms with Crippen LogP contribution in [0.25, 0.3) is 0 Å². The van der Waals surface area contributed by atoms with Gasteiger partial charge in [0.05, 0.1) is 11.4 Å². The van der Waals surface area contributed by atoms with Crippen molar-refractivity contribution in [1.29, 1.82) is 0 Å². The summed E-state index contributed by atoms with van der Waals surface area (Å²) >= 11 is 5.72. The van der Waals surface area contributed by atoms with Gasteiger partial charge in [0.1, 0.15) is 5.15 Å². The van der Waals surface area contributed by atoms with E-state index in [-0.39, 0.29) is 5.91 Å². The Morgan fingerprint density at radius 3 is 2.94 bits per heavy atom. The molecule has 0 aliphatic rings. The van der Waals surface area contributed by atoms with Gasteiger partial charge in [-0.3, -0.25) is 4.79 Å². The summed E-state index contributed by atoms with van der Waals surface area (Å²) in [5.74, 6) is -0.0377. The van der Waals surface area contributed by atoms with E-state index >= 15 is 0 Å². The quantitative estimate of drug-likeness (QED) is 0.637. The third-order valence-corrected chi connectivity index (χ3v) is 2.29. The predicted molar refractivity (Wildman–Crippen MR) is 63.7 cm³/mol. The van der Waals surface area contributed by atoms with E-state index < -0.39 is 0 Å². The number of pyridine rings is 1. The van der Waals surface area contributed by atoms with Gasteiger partial charge in [-0.1, -0.05) is 11.6 Å². The van der Waals surface area contributed by atoms with Crippen LogP contribution in [0.4, 0.5) is 5.69 Å². The minimum Gasteiger partial charge on any atom is -0.385 e. The van der Waals surface area contributed by atoms with Crippen LogP contribution in [-0.4, -0.2) is 24.6 Å². The first kappa shape index (κ1) is 12.9. The fraction of sp³-hybridized carbons (Fsp3) is 0.455. The number of aryl methyl sites for hydroxylation is 1. The van der Waals surface area contributed by atoms with E-state index in [9.17, 15) is 4.79 Å². The maximum absolute atomic E-state index is 11.5. The van der Waals surface area contributed by atoms with Crippen molar-refractivity contribution in [1.82, 2.24) is 4.98 Å². The second-order valence-corrected chi connectivity index (χ2v) is 3.80. The second-order valence-electron chi connectivity index (χ2n) is 3.41. The number of halogens is 1. The number of nitrogens with zero attached hydrogens (tertiary/aromatic N) is 1. The van der Waals surface area contributed by atoms with Crippen LogP contribution in [0, 0.1) is 6.92 Å². The molecule has 0 aliphatic heterocycles. The summed E-state index contributed by atoms with van der Waals surface area (Å²) in [5, 5.41) is 3.21. The largest absolute Gasteiger partial charge is 0.385 e. The van der Waals surface area contributed by atoms with Gasteiger partial charge in [0.2, 0.25) is 5.91 Å². The summed E-state index contributed by atoms with van der Waals surface area (Å²) in [7, 11) is 1.62. The van der Waals surface area contributed by atoms with Gasteiger partial charge in [-0.15, -0.1) is 0 Å². The van der Waals surface area contributed by atoms with Crippen molar-refractivity contribution in [2.24, 2.45) is 0 Å². The molecule has 0 atom stereocenters. The van der Waals surface area contributed by atoms with Gasteiger partial charge in [-0.25, -0.2) is 4.98 Å². The zero-order chi connectivity index (χ0) is 12.0. The van der Waals surface area contributed by atoms with E-state index in [0.29, 0.717) is 36.0 Å². The lowest BCUT2D eigenvalue weighted by Gasteiger charge is -2.07. The Bertz CT molecular complexity index is 369. The van der Waals surface area contributed by atoms with Gasteiger partial charge in [0, 0.05) is 20.1 Å². The first-order valence-corrected chi connectivity index (χ1v) is 5.43. The number of anilines is 1. The van der Waals surface area contributed by atoms with Crippen LogP contribution in [0.3, 0.4) is 0 Å². The van der Waals surface area contributed by atoms with Crippen LogP contribution in [-0.2, 0) is 9.53 Å². The number of aromatic nitrogens is 1. The summed E-state index contributed by atoms with van der Waals surface area (Å²) in [4.78, 5) is 15.5. The van der Waals surface area contributed by atoms with E-state index in [4.69, 9.17) is 16.3 Å². The summed E-state index contributed by atoms with van der Waals surface area (Å²) in [5.41, 5.74) is 1.42. The molecule has 0 saturated carbocycles. The second kappa shape index (κ2) is 6.45. The molecule has 0 aliphatic carbocycles. The van der Waals surface area contributed by atoms with E-state index in [1.165, 1.54) is 0 Å². The number of carbonyl (C=O) groups excluding carboxylic acids is 1. The topological polar surface area (TPSA) is 51.2 Å². The molecule has 1 amide bonds. The number of nitrogens with one attached hydrogen (secondary N) is 1. The molecule has 4 nitrogen and oxygen atoms in total. The van der Waals surface area contributed by atoms with Crippen molar-refractivity contribution in [2.75, 3.05) is 19.0 Å². The first-order chi connectivity index (χ1) is 7.63. The molecule has 88 valence electrons. The SMILES string of the molecule is COCCCC(=O)Nc1ccc(Cl)nc1C. The van der Waals surface area contributed by atoms with Crippen LogP contribution in [0.1, 0.15) is 18.5 Å². The van der Waals surface area contributed by atoms with Crippen LogP contribution in [0.15, 0.2) is 12.1 Å². The summed E-state index contributed by atoms with van der Waals surface area (Å²) < 4.78 is 4.87. The van der Waals surface area contributed by atoms with Gasteiger partial charge < -0.3 is 10.1 Å². The molecule has 1 aromatic rings.